The molecule has 0 amide bonds. The number of rotatable bonds is 3. The summed E-state index contributed by atoms with van der Waals surface area (Å²) in [5.41, 5.74) is 5.79. The minimum atomic E-state index is -4.81. The maximum atomic E-state index is 14.5. The molecule has 0 saturated heterocycles. The van der Waals surface area contributed by atoms with Crippen molar-refractivity contribution in [3.63, 3.8) is 0 Å². The number of halogens is 6. The summed E-state index contributed by atoms with van der Waals surface area (Å²) in [5, 5.41) is 0. The first-order valence-corrected chi connectivity index (χ1v) is 27.7. The Hall–Kier alpha value is 0.420. The third kappa shape index (κ3) is 3.30. The van der Waals surface area contributed by atoms with Crippen LogP contribution < -0.4 is 0 Å². The Balaban J connectivity index is 2.03. The van der Waals surface area contributed by atoms with Crippen LogP contribution in [0.15, 0.2) is 44.4 Å². The summed E-state index contributed by atoms with van der Waals surface area (Å²) in [6, 6.07) is 6.13. The van der Waals surface area contributed by atoms with Crippen LogP contribution in [0.2, 0.25) is 13.1 Å². The quantitative estimate of drug-likeness (QED) is 0.286. The van der Waals surface area contributed by atoms with Crippen LogP contribution in [0.3, 0.4) is 0 Å². The number of benzene rings is 2. The Morgan fingerprint density at radius 3 is 1.50 bits per heavy atom. The average molecular weight is 673 g/mol. The normalized spacial score (nSPS) is 21.8. The van der Waals surface area contributed by atoms with E-state index < -0.39 is 21.5 Å². The fourth-order valence-corrected chi connectivity index (χ4v) is 39.4. The van der Waals surface area contributed by atoms with Gasteiger partial charge in [-0.2, -0.15) is 0 Å². The number of hydrogen-bond acceptors (Lipinski definition) is 0. The van der Waals surface area contributed by atoms with Gasteiger partial charge in [-0.05, 0) is 0 Å². The van der Waals surface area contributed by atoms with Crippen LogP contribution >= 0.6 is 48.9 Å². The molecule has 0 N–H and O–H groups in total. The molecule has 30 heavy (non-hydrogen) atoms. The van der Waals surface area contributed by atoms with Crippen LogP contribution in [-0.2, 0) is 15.6 Å². The summed E-state index contributed by atoms with van der Waals surface area (Å²) in [4.78, 5) is 0. The topological polar surface area (TPSA) is 0 Å². The van der Waals surface area contributed by atoms with Gasteiger partial charge in [-0.15, -0.1) is 0 Å². The first kappa shape index (κ1) is 23.6. The zero-order valence-corrected chi connectivity index (χ0v) is 25.3. The summed E-state index contributed by atoms with van der Waals surface area (Å²) in [5.74, 6) is -2.31. The molecule has 0 fully saturated rings. The van der Waals surface area contributed by atoms with Crippen molar-refractivity contribution in [1.29, 1.82) is 0 Å². The van der Waals surface area contributed by atoms with Crippen LogP contribution in [0.5, 0.6) is 0 Å². The van der Waals surface area contributed by atoms with Gasteiger partial charge in [-0.25, -0.2) is 0 Å². The Morgan fingerprint density at radius 2 is 1.17 bits per heavy atom. The van der Waals surface area contributed by atoms with Gasteiger partial charge in [-0.3, -0.25) is 0 Å². The molecule has 2 unspecified atom stereocenters. The van der Waals surface area contributed by atoms with Gasteiger partial charge in [0.25, 0.3) is 0 Å². The number of fused-ring (bicyclic) bond motifs is 2. The predicted octanol–water partition coefficient (Wildman–Crippen LogP) is 9.09. The van der Waals surface area contributed by atoms with Crippen molar-refractivity contribution in [1.82, 2.24) is 0 Å². The van der Waals surface area contributed by atoms with Gasteiger partial charge in [0, 0.05) is 0 Å². The molecule has 0 nitrogen and oxygen atoms in total. The van der Waals surface area contributed by atoms with Crippen LogP contribution in [0, 0.1) is 11.6 Å². The fourth-order valence-electron chi connectivity index (χ4n) is 5.40. The van der Waals surface area contributed by atoms with E-state index in [4.69, 9.17) is 17.0 Å². The van der Waals surface area contributed by atoms with Crippen molar-refractivity contribution in [2.24, 2.45) is 0 Å². The molecule has 0 bridgehead atoms. The van der Waals surface area contributed by atoms with Crippen LogP contribution in [0.25, 0.3) is 12.2 Å². The summed E-state index contributed by atoms with van der Waals surface area (Å²) in [6.45, 7) is 8.48. The van der Waals surface area contributed by atoms with Gasteiger partial charge in [0.15, 0.2) is 0 Å². The van der Waals surface area contributed by atoms with Crippen molar-refractivity contribution in [2.75, 3.05) is 0 Å². The van der Waals surface area contributed by atoms with Gasteiger partial charge in [0.05, 0.1) is 0 Å². The molecule has 2 aromatic rings. The van der Waals surface area contributed by atoms with E-state index in [2.05, 4.69) is 57.1 Å². The standard InChI is InChI=1S/2C10H7BrF.C2H7Si.2ClH.Zr/c2*1-6-2-7-4-8(12)5-10(11)9(7)3-6;1-3-2;;;/h2*2-5H,1H3;3H,1-2H3;2*1H;/q;;;;;+2/p-2. The van der Waals surface area contributed by atoms with Crippen LogP contribution in [0.1, 0.15) is 43.4 Å². The van der Waals surface area contributed by atoms with E-state index in [1.165, 1.54) is 12.1 Å². The molecular formula is C22H21Br2Cl2F2SiZr. The molecule has 0 saturated carbocycles. The van der Waals surface area contributed by atoms with Crippen molar-refractivity contribution >= 4 is 67.0 Å². The molecule has 159 valence electrons. The summed E-state index contributed by atoms with van der Waals surface area (Å²) in [6.07, 6.45) is 4.16. The van der Waals surface area contributed by atoms with Crippen LogP contribution in [0.4, 0.5) is 8.78 Å². The Morgan fingerprint density at radius 1 is 0.800 bits per heavy atom. The van der Waals surface area contributed by atoms with Gasteiger partial charge >= 0.3 is 204 Å². The zero-order valence-electron chi connectivity index (χ0n) is 17.0. The molecule has 0 aliphatic heterocycles. The summed E-state index contributed by atoms with van der Waals surface area (Å²) in [7, 11) is 15.8. The minimum absolute atomic E-state index is 0.204. The van der Waals surface area contributed by atoms with Crippen molar-refractivity contribution in [3.8, 4) is 0 Å². The maximum absolute atomic E-state index is 14.5. The van der Waals surface area contributed by atoms with Crippen molar-refractivity contribution in [3.05, 3.63) is 78.2 Å². The average Bonchev–Trinajstić information content (AvgIpc) is 3.12. The Bertz CT molecular complexity index is 1080. The van der Waals surface area contributed by atoms with Crippen LogP contribution in [-0.4, -0.2) is 5.92 Å². The summed E-state index contributed by atoms with van der Waals surface area (Å²) < 4.78 is 29.9. The Labute approximate surface area is 201 Å². The van der Waals surface area contributed by atoms with E-state index in [1.54, 1.807) is 12.1 Å². The van der Waals surface area contributed by atoms with E-state index >= 15 is 0 Å². The van der Waals surface area contributed by atoms with E-state index in [9.17, 15) is 8.78 Å². The molecule has 2 atom stereocenters. The first-order chi connectivity index (χ1) is 13.9. The molecule has 0 radical (unpaired) electrons. The van der Waals surface area contributed by atoms with Gasteiger partial charge in [0.2, 0.25) is 0 Å². The van der Waals surface area contributed by atoms with Crippen molar-refractivity contribution < 1.29 is 24.3 Å². The third-order valence-electron chi connectivity index (χ3n) is 6.74. The van der Waals surface area contributed by atoms with E-state index in [0.29, 0.717) is 8.95 Å². The molecule has 2 aliphatic carbocycles. The van der Waals surface area contributed by atoms with Gasteiger partial charge in [-0.1, -0.05) is 0 Å². The fraction of sp³-hybridized carbons (Fsp3) is 0.273. The van der Waals surface area contributed by atoms with Gasteiger partial charge in [0.1, 0.15) is 0 Å². The molecule has 0 aromatic heterocycles. The second kappa shape index (κ2) is 7.74. The second-order valence-electron chi connectivity index (χ2n) is 8.80. The molecule has 2 aliphatic rings. The molecule has 4 rings (SSSR count). The van der Waals surface area contributed by atoms with Crippen molar-refractivity contribution in [2.45, 2.75) is 34.2 Å². The predicted molar refractivity (Wildman–Crippen MR) is 132 cm³/mol. The van der Waals surface area contributed by atoms with E-state index in [1.807, 2.05) is 13.8 Å². The molecular weight excluding hydrogens is 652 g/mol. The molecule has 0 heterocycles. The molecule has 8 heteroatoms. The Kier molecular flexibility index (Phi) is 6.08. The number of allylic oxidation sites excluding steroid dienone is 2. The van der Waals surface area contributed by atoms with Gasteiger partial charge < -0.3 is 0 Å². The monoisotopic (exact) mass is 669 g/mol. The molecule has 0 spiro atoms. The third-order valence-corrected chi connectivity index (χ3v) is 60.3. The SMILES string of the molecule is CC1=Cc2c(Br)cc(F)cc2[CH]1[Zr]([Cl])([Cl])([CH]1C(C)=Cc2c(Br)cc(F)cc21)[SiH](C)C. The number of hydrogen-bond donors (Lipinski definition) is 0. The van der Waals surface area contributed by atoms with E-state index in [-0.39, 0.29) is 18.9 Å². The second-order valence-corrected chi connectivity index (χ2v) is 53.0. The first-order valence-electron chi connectivity index (χ1n) is 9.77. The summed E-state index contributed by atoms with van der Waals surface area (Å²) >= 11 is 2.22. The molecule has 2 aromatic carbocycles. The van der Waals surface area contributed by atoms with E-state index in [0.717, 1.165) is 33.4 Å². The zero-order chi connectivity index (χ0) is 22.2.